The summed E-state index contributed by atoms with van der Waals surface area (Å²) in [5, 5.41) is 0.535. The molecule has 2 heterocycles. The van der Waals surface area contributed by atoms with Crippen molar-refractivity contribution < 1.29 is 14.3 Å². The molecule has 4 rings (SSSR count). The van der Waals surface area contributed by atoms with Gasteiger partial charge in [-0.05, 0) is 42.8 Å². The summed E-state index contributed by atoms with van der Waals surface area (Å²) in [5.74, 6) is 0.772. The van der Waals surface area contributed by atoms with Crippen molar-refractivity contribution in [1.82, 2.24) is 9.55 Å². The minimum Gasteiger partial charge on any atom is -0.493 e. The first kappa shape index (κ1) is 21.3. The average molecular weight is 499 g/mol. The second-order valence-electron chi connectivity index (χ2n) is 6.89. The Morgan fingerprint density at radius 1 is 1.10 bits per heavy atom. The highest BCUT2D eigenvalue weighted by Gasteiger charge is 2.19. The second-order valence-corrected chi connectivity index (χ2v) is 9.01. The van der Waals surface area contributed by atoms with E-state index in [0.717, 1.165) is 20.5 Å². The van der Waals surface area contributed by atoms with Crippen molar-refractivity contribution in [2.24, 2.45) is 0 Å². The molecule has 0 aliphatic heterocycles. The number of fused-ring (bicyclic) bond motifs is 1. The van der Waals surface area contributed by atoms with Gasteiger partial charge in [-0.25, -0.2) is 4.98 Å². The van der Waals surface area contributed by atoms with Gasteiger partial charge in [0, 0.05) is 20.5 Å². The SMILES string of the molecule is COc1ccc(C(=O)Cn2cnc3sc(C)c(-c4ccc(Br)cc4)c3c2=O)cc1OC. The van der Waals surface area contributed by atoms with Gasteiger partial charge < -0.3 is 9.47 Å². The molecule has 8 heteroatoms. The molecule has 2 aromatic heterocycles. The summed E-state index contributed by atoms with van der Waals surface area (Å²) in [6.45, 7) is 1.86. The van der Waals surface area contributed by atoms with E-state index in [1.165, 1.54) is 36.5 Å². The Labute approximate surface area is 191 Å². The number of nitrogens with zero attached hydrogens (tertiary/aromatic N) is 2. The number of ketones is 1. The molecule has 31 heavy (non-hydrogen) atoms. The van der Waals surface area contributed by atoms with E-state index in [1.807, 2.05) is 31.2 Å². The van der Waals surface area contributed by atoms with E-state index >= 15 is 0 Å². The molecule has 6 nitrogen and oxygen atoms in total. The highest BCUT2D eigenvalue weighted by Crippen LogP contribution is 2.36. The summed E-state index contributed by atoms with van der Waals surface area (Å²) in [4.78, 5) is 32.3. The number of Topliss-reactive ketones (excluding diaryl/α,β-unsaturated/α-hetero) is 1. The van der Waals surface area contributed by atoms with E-state index in [-0.39, 0.29) is 17.9 Å². The van der Waals surface area contributed by atoms with E-state index in [2.05, 4.69) is 20.9 Å². The zero-order valence-corrected chi connectivity index (χ0v) is 19.5. The number of aromatic nitrogens is 2. The molecule has 158 valence electrons. The number of benzene rings is 2. The van der Waals surface area contributed by atoms with Crippen LogP contribution in [0.5, 0.6) is 11.5 Å². The molecular weight excluding hydrogens is 480 g/mol. The number of halogens is 1. The first-order valence-electron chi connectivity index (χ1n) is 9.42. The van der Waals surface area contributed by atoms with Crippen molar-refractivity contribution in [3.8, 4) is 22.6 Å². The summed E-state index contributed by atoms with van der Waals surface area (Å²) in [6, 6.07) is 12.7. The molecule has 0 saturated carbocycles. The van der Waals surface area contributed by atoms with E-state index in [9.17, 15) is 9.59 Å². The van der Waals surface area contributed by atoms with Crippen LogP contribution in [0.4, 0.5) is 0 Å². The molecule has 4 aromatic rings. The summed E-state index contributed by atoms with van der Waals surface area (Å²) in [6.07, 6.45) is 1.44. The molecule has 0 atom stereocenters. The lowest BCUT2D eigenvalue weighted by Gasteiger charge is -2.10. The van der Waals surface area contributed by atoms with Crippen LogP contribution >= 0.6 is 27.3 Å². The van der Waals surface area contributed by atoms with Crippen LogP contribution in [0, 0.1) is 6.92 Å². The highest BCUT2D eigenvalue weighted by atomic mass is 79.9. The van der Waals surface area contributed by atoms with Gasteiger partial charge >= 0.3 is 0 Å². The molecule has 0 N–H and O–H groups in total. The summed E-state index contributed by atoms with van der Waals surface area (Å²) < 4.78 is 12.8. The van der Waals surface area contributed by atoms with Gasteiger partial charge in [-0.1, -0.05) is 28.1 Å². The lowest BCUT2D eigenvalue weighted by Crippen LogP contribution is -2.24. The fourth-order valence-electron chi connectivity index (χ4n) is 3.47. The maximum Gasteiger partial charge on any atom is 0.263 e. The van der Waals surface area contributed by atoms with Gasteiger partial charge in [0.2, 0.25) is 0 Å². The smallest absolute Gasteiger partial charge is 0.263 e. The van der Waals surface area contributed by atoms with Crippen LogP contribution in [-0.4, -0.2) is 29.6 Å². The van der Waals surface area contributed by atoms with E-state index in [0.29, 0.717) is 27.3 Å². The predicted octanol–water partition coefficient (Wildman–Crippen LogP) is 5.10. The van der Waals surface area contributed by atoms with Crippen molar-refractivity contribution >= 4 is 43.3 Å². The largest absolute Gasteiger partial charge is 0.493 e. The minimum absolute atomic E-state index is 0.119. The molecule has 2 aromatic carbocycles. The maximum absolute atomic E-state index is 13.3. The van der Waals surface area contributed by atoms with Crippen LogP contribution in [-0.2, 0) is 6.54 Å². The van der Waals surface area contributed by atoms with Crippen LogP contribution in [0.15, 0.2) is 58.1 Å². The normalized spacial score (nSPS) is 11.0. The average Bonchev–Trinajstić information content (AvgIpc) is 3.12. The highest BCUT2D eigenvalue weighted by molar-refractivity contribution is 9.10. The Hall–Kier alpha value is -2.97. The molecule has 0 spiro atoms. The van der Waals surface area contributed by atoms with E-state index in [1.54, 1.807) is 18.2 Å². The molecule has 0 bridgehead atoms. The molecule has 0 fully saturated rings. The summed E-state index contributed by atoms with van der Waals surface area (Å²) in [5.41, 5.74) is 1.99. The number of hydrogen-bond acceptors (Lipinski definition) is 6. The molecule has 0 unspecified atom stereocenters. The zero-order chi connectivity index (χ0) is 22.1. The van der Waals surface area contributed by atoms with Gasteiger partial charge in [0.05, 0.1) is 32.5 Å². The number of thiophene rings is 1. The Bertz CT molecular complexity index is 1340. The fraction of sp³-hybridized carbons (Fsp3) is 0.174. The van der Waals surface area contributed by atoms with Gasteiger partial charge in [0.25, 0.3) is 5.56 Å². The van der Waals surface area contributed by atoms with Crippen LogP contribution in [0.1, 0.15) is 15.2 Å². The lowest BCUT2D eigenvalue weighted by atomic mass is 10.0. The fourth-order valence-corrected chi connectivity index (χ4v) is 4.74. The Morgan fingerprint density at radius 2 is 1.81 bits per heavy atom. The molecule has 0 amide bonds. The Balaban J connectivity index is 1.75. The molecule has 0 saturated heterocycles. The van der Waals surface area contributed by atoms with Gasteiger partial charge in [0.1, 0.15) is 4.83 Å². The topological polar surface area (TPSA) is 70.4 Å². The molecule has 0 aliphatic carbocycles. The van der Waals surface area contributed by atoms with Gasteiger partial charge in [0.15, 0.2) is 17.3 Å². The van der Waals surface area contributed by atoms with Crippen molar-refractivity contribution in [2.75, 3.05) is 14.2 Å². The number of aryl methyl sites for hydroxylation is 1. The van der Waals surface area contributed by atoms with Crippen LogP contribution in [0.3, 0.4) is 0 Å². The summed E-state index contributed by atoms with van der Waals surface area (Å²) in [7, 11) is 3.04. The third-order valence-corrected chi connectivity index (χ3v) is 6.55. The summed E-state index contributed by atoms with van der Waals surface area (Å²) >= 11 is 4.92. The molecular formula is C23H19BrN2O4S. The van der Waals surface area contributed by atoms with Crippen molar-refractivity contribution in [3.05, 3.63) is 74.1 Å². The van der Waals surface area contributed by atoms with Crippen LogP contribution < -0.4 is 15.0 Å². The number of carbonyl (C=O) groups is 1. The third kappa shape index (κ3) is 4.00. The third-order valence-electron chi connectivity index (χ3n) is 5.01. The monoisotopic (exact) mass is 498 g/mol. The zero-order valence-electron chi connectivity index (χ0n) is 17.1. The first-order chi connectivity index (χ1) is 14.9. The Kier molecular flexibility index (Phi) is 5.93. The van der Waals surface area contributed by atoms with Crippen molar-refractivity contribution in [2.45, 2.75) is 13.5 Å². The predicted molar refractivity (Wildman–Crippen MR) is 126 cm³/mol. The quantitative estimate of drug-likeness (QED) is 0.346. The van der Waals surface area contributed by atoms with Crippen molar-refractivity contribution in [1.29, 1.82) is 0 Å². The number of rotatable bonds is 6. The standard InChI is InChI=1S/C23H19BrN2O4S/c1-13-20(14-4-7-16(24)8-5-14)21-22(31-13)25-12-26(23(21)28)11-17(27)15-6-9-18(29-2)19(10-15)30-3/h4-10,12H,11H2,1-3H3. The number of carbonyl (C=O) groups excluding carboxylic acids is 1. The van der Waals surface area contributed by atoms with E-state index in [4.69, 9.17) is 9.47 Å². The van der Waals surface area contributed by atoms with E-state index < -0.39 is 0 Å². The molecule has 0 radical (unpaired) electrons. The van der Waals surface area contributed by atoms with Gasteiger partial charge in [-0.3, -0.25) is 14.2 Å². The molecule has 0 aliphatic rings. The lowest BCUT2D eigenvalue weighted by molar-refractivity contribution is 0.0970. The number of hydrogen-bond donors (Lipinski definition) is 0. The van der Waals surface area contributed by atoms with Gasteiger partial charge in [-0.2, -0.15) is 0 Å². The van der Waals surface area contributed by atoms with Crippen LogP contribution in [0.25, 0.3) is 21.3 Å². The van der Waals surface area contributed by atoms with Crippen molar-refractivity contribution in [3.63, 3.8) is 0 Å². The second kappa shape index (κ2) is 8.64. The number of methoxy groups -OCH3 is 2. The first-order valence-corrected chi connectivity index (χ1v) is 11.0. The minimum atomic E-state index is -0.235. The van der Waals surface area contributed by atoms with Crippen LogP contribution in [0.2, 0.25) is 0 Å². The number of ether oxygens (including phenoxy) is 2. The Morgan fingerprint density at radius 3 is 2.48 bits per heavy atom. The van der Waals surface area contributed by atoms with Gasteiger partial charge in [-0.15, -0.1) is 11.3 Å². The maximum atomic E-state index is 13.3.